The van der Waals surface area contributed by atoms with Gasteiger partial charge in [0.2, 0.25) is 0 Å². The monoisotopic (exact) mass is 485 g/mol. The minimum absolute atomic E-state index is 1.14. The zero-order chi connectivity index (χ0) is 25.6. The molecule has 0 atom stereocenters. The molecule has 0 aliphatic heterocycles. The average molecular weight is 486 g/mol. The molecule has 0 N–H and O–H groups in total. The Kier molecular flexibility index (Phi) is 5.23. The molecule has 7 rings (SSSR count). The number of rotatable bonds is 5. The summed E-state index contributed by atoms with van der Waals surface area (Å²) >= 11 is 0. The Morgan fingerprint density at radius 1 is 0.579 bits per heavy atom. The quantitative estimate of drug-likeness (QED) is 0.235. The van der Waals surface area contributed by atoms with E-state index in [0.717, 1.165) is 11.4 Å². The van der Waals surface area contributed by atoms with Crippen molar-refractivity contribution in [1.82, 2.24) is 0 Å². The van der Waals surface area contributed by atoms with Crippen LogP contribution < -0.4 is 4.90 Å². The molecule has 0 spiro atoms. The molecule has 1 nitrogen and oxygen atoms in total. The first kappa shape index (κ1) is 22.3. The Bertz CT molecular complexity index is 1870. The summed E-state index contributed by atoms with van der Waals surface area (Å²) in [6.45, 7) is 6.23. The number of fused-ring (bicyclic) bond motifs is 2. The fraction of sp³-hybridized carbons (Fsp3) is 0.0270. The molecule has 1 heteroatoms. The summed E-state index contributed by atoms with van der Waals surface area (Å²) < 4.78 is 0. The van der Waals surface area contributed by atoms with Gasteiger partial charge in [0.1, 0.15) is 0 Å². The largest absolute Gasteiger partial charge is 0.310 e. The van der Waals surface area contributed by atoms with Crippen molar-refractivity contribution in [1.29, 1.82) is 0 Å². The Hall–Kier alpha value is -4.88. The number of allylic oxidation sites excluding steroid dienone is 5. The van der Waals surface area contributed by atoms with E-state index in [2.05, 4.69) is 146 Å². The fourth-order valence-corrected chi connectivity index (χ4v) is 5.95. The first-order chi connectivity index (χ1) is 18.8. The molecular formula is C37H27N. The van der Waals surface area contributed by atoms with Gasteiger partial charge in [-0.3, -0.25) is 0 Å². The van der Waals surface area contributed by atoms with Crippen molar-refractivity contribution < 1.29 is 0 Å². The molecule has 0 fully saturated rings. The molecule has 0 saturated heterocycles. The van der Waals surface area contributed by atoms with Crippen LogP contribution in [0.5, 0.6) is 0 Å². The van der Waals surface area contributed by atoms with Gasteiger partial charge in [-0.2, -0.15) is 0 Å². The molecule has 180 valence electrons. The Morgan fingerprint density at radius 2 is 1.18 bits per heavy atom. The second-order valence-electron chi connectivity index (χ2n) is 9.79. The molecule has 0 saturated carbocycles. The minimum atomic E-state index is 1.14. The summed E-state index contributed by atoms with van der Waals surface area (Å²) in [7, 11) is 0. The Labute approximate surface area is 223 Å². The van der Waals surface area contributed by atoms with Gasteiger partial charge in [-0.1, -0.05) is 110 Å². The second-order valence-corrected chi connectivity index (χ2v) is 9.79. The number of anilines is 3. The predicted molar refractivity (Wildman–Crippen MR) is 165 cm³/mol. The van der Waals surface area contributed by atoms with Crippen LogP contribution in [0, 0.1) is 0 Å². The molecule has 0 aromatic heterocycles. The van der Waals surface area contributed by atoms with Crippen LogP contribution in [0.25, 0.3) is 43.5 Å². The molecule has 6 aromatic carbocycles. The van der Waals surface area contributed by atoms with Gasteiger partial charge in [-0.25, -0.2) is 0 Å². The molecule has 0 bridgehead atoms. The van der Waals surface area contributed by atoms with Gasteiger partial charge in [-0.15, -0.1) is 0 Å². The molecule has 0 unspecified atom stereocenters. The third-order valence-corrected chi connectivity index (χ3v) is 7.65. The number of hydrogen-bond acceptors (Lipinski definition) is 1. The predicted octanol–water partition coefficient (Wildman–Crippen LogP) is 10.6. The van der Waals surface area contributed by atoms with Crippen LogP contribution in [0.4, 0.5) is 17.1 Å². The van der Waals surface area contributed by atoms with Gasteiger partial charge >= 0.3 is 0 Å². The maximum absolute atomic E-state index is 4.15. The number of hydrogen-bond donors (Lipinski definition) is 0. The Balaban J connectivity index is 1.52. The summed E-state index contributed by atoms with van der Waals surface area (Å²) in [5, 5.41) is 7.47. The highest BCUT2D eigenvalue weighted by Gasteiger charge is 2.24. The maximum Gasteiger partial charge on any atom is 0.0540 e. The van der Waals surface area contributed by atoms with Crippen molar-refractivity contribution in [2.75, 3.05) is 4.90 Å². The zero-order valence-corrected chi connectivity index (χ0v) is 21.4. The van der Waals surface area contributed by atoms with Crippen molar-refractivity contribution in [3.8, 4) is 0 Å². The normalized spacial score (nSPS) is 12.8. The average Bonchev–Trinajstić information content (AvgIpc) is 3.28. The Morgan fingerprint density at radius 3 is 1.79 bits per heavy atom. The van der Waals surface area contributed by atoms with Gasteiger partial charge in [0.25, 0.3) is 0 Å². The van der Waals surface area contributed by atoms with E-state index >= 15 is 0 Å². The zero-order valence-electron chi connectivity index (χ0n) is 21.4. The lowest BCUT2D eigenvalue weighted by Gasteiger charge is -2.28. The molecular weight excluding hydrogens is 458 g/mol. The van der Waals surface area contributed by atoms with Gasteiger partial charge < -0.3 is 4.90 Å². The smallest absolute Gasteiger partial charge is 0.0540 e. The highest BCUT2D eigenvalue weighted by molar-refractivity contribution is 6.20. The highest BCUT2D eigenvalue weighted by atomic mass is 15.1. The van der Waals surface area contributed by atoms with Crippen molar-refractivity contribution in [3.05, 3.63) is 151 Å². The lowest BCUT2D eigenvalue weighted by molar-refractivity contribution is 1.31. The van der Waals surface area contributed by atoms with E-state index in [4.69, 9.17) is 0 Å². The van der Waals surface area contributed by atoms with E-state index in [1.165, 1.54) is 60.3 Å². The first-order valence-electron chi connectivity index (χ1n) is 13.1. The van der Waals surface area contributed by atoms with E-state index < -0.39 is 0 Å². The number of nitrogens with zero attached hydrogens (tertiary/aromatic N) is 1. The van der Waals surface area contributed by atoms with Crippen molar-refractivity contribution in [2.45, 2.75) is 6.92 Å². The third-order valence-electron chi connectivity index (χ3n) is 7.65. The van der Waals surface area contributed by atoms with Crippen molar-refractivity contribution in [2.24, 2.45) is 0 Å². The summed E-state index contributed by atoms with van der Waals surface area (Å²) in [4.78, 5) is 2.41. The van der Waals surface area contributed by atoms with Crippen LogP contribution in [-0.2, 0) is 0 Å². The molecule has 6 aromatic rings. The molecule has 1 aliphatic rings. The van der Waals surface area contributed by atoms with Gasteiger partial charge in [0, 0.05) is 16.8 Å². The SMILES string of the molecule is C=CC1=C(/C=C\C)c2ccc(N(c3ccc4ccccc4c3)c3ccc4ccccc4c3)c3cccc1c23. The third kappa shape index (κ3) is 3.40. The van der Waals surface area contributed by atoms with Crippen LogP contribution in [0.15, 0.2) is 140 Å². The topological polar surface area (TPSA) is 3.24 Å². The van der Waals surface area contributed by atoms with Crippen LogP contribution in [0.1, 0.15) is 18.1 Å². The summed E-state index contributed by atoms with van der Waals surface area (Å²) in [5.74, 6) is 0. The van der Waals surface area contributed by atoms with Gasteiger partial charge in [0.05, 0.1) is 5.69 Å². The van der Waals surface area contributed by atoms with E-state index in [1.807, 2.05) is 6.08 Å². The maximum atomic E-state index is 4.15. The lowest BCUT2D eigenvalue weighted by Crippen LogP contribution is -2.10. The first-order valence-corrected chi connectivity index (χ1v) is 13.1. The summed E-state index contributed by atoms with van der Waals surface area (Å²) in [6.07, 6.45) is 6.31. The highest BCUT2D eigenvalue weighted by Crippen LogP contribution is 2.48. The fourth-order valence-electron chi connectivity index (χ4n) is 5.95. The van der Waals surface area contributed by atoms with Crippen LogP contribution in [0.2, 0.25) is 0 Å². The van der Waals surface area contributed by atoms with E-state index in [9.17, 15) is 0 Å². The van der Waals surface area contributed by atoms with E-state index in [0.29, 0.717) is 0 Å². The van der Waals surface area contributed by atoms with Gasteiger partial charge in [0.15, 0.2) is 0 Å². The van der Waals surface area contributed by atoms with Crippen LogP contribution in [0.3, 0.4) is 0 Å². The second kappa shape index (κ2) is 8.90. The molecule has 0 amide bonds. The lowest BCUT2D eigenvalue weighted by atomic mass is 9.98. The van der Waals surface area contributed by atoms with Crippen LogP contribution in [-0.4, -0.2) is 0 Å². The van der Waals surface area contributed by atoms with Crippen molar-refractivity contribution in [3.63, 3.8) is 0 Å². The van der Waals surface area contributed by atoms with Crippen LogP contribution >= 0.6 is 0 Å². The number of benzene rings is 6. The summed E-state index contributed by atoms with van der Waals surface area (Å²) in [5.41, 5.74) is 8.41. The minimum Gasteiger partial charge on any atom is -0.310 e. The standard InChI is InChI=1S/C37H27N/c1-3-10-32-31(4-2)33-15-9-16-35-36(22-21-34(32)37(33)35)38(29-19-17-25-11-5-7-13-27(25)23-29)30-20-18-26-12-6-8-14-28(26)24-30/h3-24H,2H2,1H3/b10-3-. The molecule has 0 radical (unpaired) electrons. The van der Waals surface area contributed by atoms with Gasteiger partial charge in [-0.05, 0) is 86.5 Å². The summed E-state index contributed by atoms with van der Waals surface area (Å²) in [6, 6.07) is 41.8. The van der Waals surface area contributed by atoms with E-state index in [1.54, 1.807) is 0 Å². The molecule has 38 heavy (non-hydrogen) atoms. The molecule has 0 heterocycles. The van der Waals surface area contributed by atoms with Crippen molar-refractivity contribution >= 4 is 60.5 Å². The molecule has 1 aliphatic carbocycles. The van der Waals surface area contributed by atoms with E-state index in [-0.39, 0.29) is 0 Å².